The molecule has 1 aromatic rings. The highest BCUT2D eigenvalue weighted by Crippen LogP contribution is 2.22. The highest BCUT2D eigenvalue weighted by atomic mass is 79.9. The summed E-state index contributed by atoms with van der Waals surface area (Å²) in [6, 6.07) is 5.59. The SMILES string of the molecule is CCN[C@H](C)CNC(=O)c1cc(OC)ccc1Br.Cl. The number of methoxy groups -OCH3 is 1. The predicted molar refractivity (Wildman–Crippen MR) is 83.4 cm³/mol. The lowest BCUT2D eigenvalue weighted by Gasteiger charge is -2.14. The molecular weight excluding hydrogens is 332 g/mol. The third-order valence-corrected chi connectivity index (χ3v) is 3.23. The van der Waals surface area contributed by atoms with Crippen LogP contribution in [0.3, 0.4) is 0 Å². The molecule has 0 aliphatic carbocycles. The minimum absolute atomic E-state index is 0. The van der Waals surface area contributed by atoms with Gasteiger partial charge in [-0.2, -0.15) is 0 Å². The fraction of sp³-hybridized carbons (Fsp3) is 0.462. The summed E-state index contributed by atoms with van der Waals surface area (Å²) >= 11 is 3.37. The Bertz CT molecular complexity index is 416. The Morgan fingerprint density at radius 1 is 1.47 bits per heavy atom. The van der Waals surface area contributed by atoms with Crippen LogP contribution in [-0.2, 0) is 0 Å². The van der Waals surface area contributed by atoms with Crippen molar-refractivity contribution in [2.75, 3.05) is 20.2 Å². The topological polar surface area (TPSA) is 50.4 Å². The second-order valence-electron chi connectivity index (χ2n) is 4.01. The second kappa shape index (κ2) is 9.18. The average molecular weight is 352 g/mol. The van der Waals surface area contributed by atoms with Gasteiger partial charge in [0.05, 0.1) is 12.7 Å². The van der Waals surface area contributed by atoms with Gasteiger partial charge in [-0.15, -0.1) is 12.4 Å². The molecule has 0 unspecified atom stereocenters. The van der Waals surface area contributed by atoms with E-state index in [9.17, 15) is 4.79 Å². The maximum atomic E-state index is 12.0. The second-order valence-corrected chi connectivity index (χ2v) is 4.87. The molecule has 0 saturated carbocycles. The summed E-state index contributed by atoms with van der Waals surface area (Å²) in [5.41, 5.74) is 0.582. The summed E-state index contributed by atoms with van der Waals surface area (Å²) in [5.74, 6) is 0.564. The number of carbonyl (C=O) groups excluding carboxylic acids is 1. The molecule has 0 radical (unpaired) electrons. The van der Waals surface area contributed by atoms with Crippen LogP contribution >= 0.6 is 28.3 Å². The molecule has 108 valence electrons. The van der Waals surface area contributed by atoms with Gasteiger partial charge in [-0.25, -0.2) is 0 Å². The first-order chi connectivity index (χ1) is 8.58. The van der Waals surface area contributed by atoms with Gasteiger partial charge in [-0.3, -0.25) is 4.79 Å². The van der Waals surface area contributed by atoms with E-state index in [4.69, 9.17) is 4.74 Å². The van der Waals surface area contributed by atoms with Crippen molar-refractivity contribution in [3.05, 3.63) is 28.2 Å². The minimum Gasteiger partial charge on any atom is -0.497 e. The van der Waals surface area contributed by atoms with Crippen molar-refractivity contribution in [2.45, 2.75) is 19.9 Å². The number of carbonyl (C=O) groups is 1. The van der Waals surface area contributed by atoms with Crippen LogP contribution in [0, 0.1) is 0 Å². The predicted octanol–water partition coefficient (Wildman–Crippen LogP) is 2.61. The molecule has 0 aromatic heterocycles. The Kier molecular flexibility index (Phi) is 8.80. The van der Waals surface area contributed by atoms with E-state index in [1.807, 2.05) is 26.0 Å². The Balaban J connectivity index is 0.00000324. The summed E-state index contributed by atoms with van der Waals surface area (Å²) in [6.07, 6.45) is 0. The first-order valence-electron chi connectivity index (χ1n) is 5.93. The lowest BCUT2D eigenvalue weighted by molar-refractivity contribution is 0.0949. The number of ether oxygens (including phenoxy) is 1. The maximum Gasteiger partial charge on any atom is 0.252 e. The number of hydrogen-bond acceptors (Lipinski definition) is 3. The number of amides is 1. The first-order valence-corrected chi connectivity index (χ1v) is 6.72. The standard InChI is InChI=1S/C13H19BrN2O2.ClH/c1-4-15-9(2)8-16-13(17)11-7-10(18-3)5-6-12(11)14;/h5-7,9,15H,4,8H2,1-3H3,(H,16,17);1H/t9-;/m1./s1. The third kappa shape index (κ3) is 5.80. The van der Waals surface area contributed by atoms with Gasteiger partial charge in [0.25, 0.3) is 5.91 Å². The van der Waals surface area contributed by atoms with E-state index < -0.39 is 0 Å². The number of halogens is 2. The Hall–Kier alpha value is -0.780. The summed E-state index contributed by atoms with van der Waals surface area (Å²) < 4.78 is 5.87. The molecule has 0 heterocycles. The zero-order valence-electron chi connectivity index (χ0n) is 11.3. The molecule has 0 aliphatic rings. The highest BCUT2D eigenvalue weighted by Gasteiger charge is 2.12. The zero-order valence-corrected chi connectivity index (χ0v) is 13.7. The van der Waals surface area contributed by atoms with Crippen LogP contribution in [0.4, 0.5) is 0 Å². The molecule has 4 nitrogen and oxygen atoms in total. The van der Waals surface area contributed by atoms with Crippen molar-refractivity contribution in [1.29, 1.82) is 0 Å². The van der Waals surface area contributed by atoms with Gasteiger partial charge in [0.15, 0.2) is 0 Å². The van der Waals surface area contributed by atoms with E-state index in [2.05, 4.69) is 26.6 Å². The van der Waals surface area contributed by atoms with Gasteiger partial charge in [-0.05, 0) is 47.6 Å². The molecule has 6 heteroatoms. The van der Waals surface area contributed by atoms with Crippen molar-refractivity contribution in [2.24, 2.45) is 0 Å². The summed E-state index contributed by atoms with van der Waals surface area (Å²) in [7, 11) is 1.58. The average Bonchev–Trinajstić information content (AvgIpc) is 2.37. The van der Waals surface area contributed by atoms with Crippen LogP contribution in [0.5, 0.6) is 5.75 Å². The Labute approximate surface area is 128 Å². The number of benzene rings is 1. The van der Waals surface area contributed by atoms with E-state index in [1.54, 1.807) is 13.2 Å². The van der Waals surface area contributed by atoms with E-state index in [-0.39, 0.29) is 24.4 Å². The number of rotatable bonds is 6. The van der Waals surface area contributed by atoms with E-state index in [1.165, 1.54) is 0 Å². The molecule has 19 heavy (non-hydrogen) atoms. The quantitative estimate of drug-likeness (QED) is 0.828. The molecule has 1 rings (SSSR count). The molecular formula is C13H20BrClN2O2. The van der Waals surface area contributed by atoms with Gasteiger partial charge < -0.3 is 15.4 Å². The number of nitrogens with one attached hydrogen (secondary N) is 2. The molecule has 2 N–H and O–H groups in total. The van der Waals surface area contributed by atoms with Gasteiger partial charge in [0.2, 0.25) is 0 Å². The molecule has 0 aliphatic heterocycles. The van der Waals surface area contributed by atoms with E-state index >= 15 is 0 Å². The zero-order chi connectivity index (χ0) is 13.5. The Morgan fingerprint density at radius 3 is 2.74 bits per heavy atom. The Morgan fingerprint density at radius 2 is 2.16 bits per heavy atom. The van der Waals surface area contributed by atoms with Crippen LogP contribution in [0.25, 0.3) is 0 Å². The fourth-order valence-corrected chi connectivity index (χ4v) is 1.99. The smallest absolute Gasteiger partial charge is 0.252 e. The monoisotopic (exact) mass is 350 g/mol. The van der Waals surface area contributed by atoms with Gasteiger partial charge >= 0.3 is 0 Å². The lowest BCUT2D eigenvalue weighted by Crippen LogP contribution is -2.38. The van der Waals surface area contributed by atoms with Crippen LogP contribution in [0.2, 0.25) is 0 Å². The van der Waals surface area contributed by atoms with Crippen molar-refractivity contribution in [1.82, 2.24) is 10.6 Å². The third-order valence-electron chi connectivity index (χ3n) is 2.54. The normalized spacial score (nSPS) is 11.4. The van der Waals surface area contributed by atoms with Gasteiger partial charge in [-0.1, -0.05) is 6.92 Å². The van der Waals surface area contributed by atoms with E-state index in [0.29, 0.717) is 17.9 Å². The molecule has 0 saturated heterocycles. The summed E-state index contributed by atoms with van der Waals surface area (Å²) in [4.78, 5) is 12.0. The van der Waals surface area contributed by atoms with Crippen LogP contribution in [0.15, 0.2) is 22.7 Å². The molecule has 0 bridgehead atoms. The van der Waals surface area contributed by atoms with Crippen LogP contribution in [-0.4, -0.2) is 32.1 Å². The molecule has 1 atom stereocenters. The van der Waals surface area contributed by atoms with Crippen molar-refractivity contribution >= 4 is 34.2 Å². The molecule has 0 fully saturated rings. The number of likely N-dealkylation sites (N-methyl/N-ethyl adjacent to an activating group) is 1. The van der Waals surface area contributed by atoms with Gasteiger partial charge in [0.1, 0.15) is 5.75 Å². The summed E-state index contributed by atoms with van der Waals surface area (Å²) in [6.45, 7) is 5.55. The van der Waals surface area contributed by atoms with Crippen molar-refractivity contribution in [3.63, 3.8) is 0 Å². The van der Waals surface area contributed by atoms with Crippen LogP contribution in [0.1, 0.15) is 24.2 Å². The lowest BCUT2D eigenvalue weighted by atomic mass is 10.2. The minimum atomic E-state index is -0.106. The largest absolute Gasteiger partial charge is 0.497 e. The first kappa shape index (κ1) is 18.2. The van der Waals surface area contributed by atoms with Gasteiger partial charge in [0, 0.05) is 17.1 Å². The maximum absolute atomic E-state index is 12.0. The highest BCUT2D eigenvalue weighted by molar-refractivity contribution is 9.10. The molecule has 1 amide bonds. The van der Waals surface area contributed by atoms with Crippen molar-refractivity contribution < 1.29 is 9.53 Å². The molecule has 0 spiro atoms. The van der Waals surface area contributed by atoms with Crippen molar-refractivity contribution in [3.8, 4) is 5.75 Å². The number of hydrogen-bond donors (Lipinski definition) is 2. The fourth-order valence-electron chi connectivity index (χ4n) is 1.57. The summed E-state index contributed by atoms with van der Waals surface area (Å²) in [5, 5.41) is 6.13. The van der Waals surface area contributed by atoms with E-state index in [0.717, 1.165) is 11.0 Å². The molecule has 1 aromatic carbocycles. The van der Waals surface area contributed by atoms with Crippen LogP contribution < -0.4 is 15.4 Å².